The van der Waals surface area contributed by atoms with Crippen molar-refractivity contribution in [3.63, 3.8) is 0 Å². The molecule has 25 heavy (non-hydrogen) atoms. The SMILES string of the molecule is O=c1c2ccccc2nnn1CN1CCC(Cc2ccccc2)CC1. The molecule has 0 bridgehead atoms. The molecule has 1 fully saturated rings. The third-order valence-electron chi connectivity index (χ3n) is 5.04. The summed E-state index contributed by atoms with van der Waals surface area (Å²) >= 11 is 0. The Labute approximate surface area is 146 Å². The van der Waals surface area contributed by atoms with Crippen molar-refractivity contribution >= 4 is 10.9 Å². The van der Waals surface area contributed by atoms with Crippen molar-refractivity contribution in [2.24, 2.45) is 5.92 Å². The molecule has 0 radical (unpaired) electrons. The molecule has 0 unspecified atom stereocenters. The molecule has 1 aliphatic rings. The first-order chi connectivity index (χ1) is 12.3. The number of nitrogens with zero attached hydrogens (tertiary/aromatic N) is 4. The molecule has 5 heteroatoms. The van der Waals surface area contributed by atoms with Crippen molar-refractivity contribution in [1.29, 1.82) is 0 Å². The lowest BCUT2D eigenvalue weighted by molar-refractivity contribution is 0.136. The van der Waals surface area contributed by atoms with Crippen molar-refractivity contribution in [2.45, 2.75) is 25.9 Å². The van der Waals surface area contributed by atoms with Crippen LogP contribution in [0.1, 0.15) is 18.4 Å². The predicted octanol–water partition coefficient (Wildman–Crippen LogP) is 2.70. The molecular weight excluding hydrogens is 312 g/mol. The van der Waals surface area contributed by atoms with E-state index in [1.54, 1.807) is 0 Å². The molecule has 0 atom stereocenters. The Bertz CT molecular complexity index is 898. The van der Waals surface area contributed by atoms with Gasteiger partial charge >= 0.3 is 0 Å². The first kappa shape index (κ1) is 16.0. The molecule has 0 amide bonds. The molecule has 0 saturated carbocycles. The molecule has 5 nitrogen and oxygen atoms in total. The smallest absolute Gasteiger partial charge is 0.278 e. The average molecular weight is 334 g/mol. The van der Waals surface area contributed by atoms with Crippen LogP contribution in [-0.4, -0.2) is 33.0 Å². The van der Waals surface area contributed by atoms with E-state index in [2.05, 4.69) is 45.5 Å². The van der Waals surface area contributed by atoms with Gasteiger partial charge in [0.1, 0.15) is 5.52 Å². The van der Waals surface area contributed by atoms with Crippen LogP contribution in [0.25, 0.3) is 10.9 Å². The van der Waals surface area contributed by atoms with Gasteiger partial charge in [0.2, 0.25) is 0 Å². The summed E-state index contributed by atoms with van der Waals surface area (Å²) in [5, 5.41) is 8.90. The number of rotatable bonds is 4. The van der Waals surface area contributed by atoms with E-state index in [9.17, 15) is 4.79 Å². The zero-order valence-electron chi connectivity index (χ0n) is 14.2. The van der Waals surface area contributed by atoms with Gasteiger partial charge in [-0.3, -0.25) is 9.69 Å². The number of benzene rings is 2. The lowest BCUT2D eigenvalue weighted by atomic mass is 9.90. The summed E-state index contributed by atoms with van der Waals surface area (Å²) in [5.74, 6) is 0.720. The quantitative estimate of drug-likeness (QED) is 0.736. The van der Waals surface area contributed by atoms with Gasteiger partial charge in [-0.25, -0.2) is 0 Å². The van der Waals surface area contributed by atoms with E-state index < -0.39 is 0 Å². The highest BCUT2D eigenvalue weighted by Gasteiger charge is 2.20. The van der Waals surface area contributed by atoms with Crippen LogP contribution in [0.5, 0.6) is 0 Å². The number of likely N-dealkylation sites (tertiary alicyclic amines) is 1. The minimum absolute atomic E-state index is 0.0583. The van der Waals surface area contributed by atoms with Crippen LogP contribution in [0.3, 0.4) is 0 Å². The Morgan fingerprint density at radius 3 is 2.48 bits per heavy atom. The molecule has 4 rings (SSSR count). The maximum absolute atomic E-state index is 12.5. The predicted molar refractivity (Wildman–Crippen MR) is 98.2 cm³/mol. The fourth-order valence-corrected chi connectivity index (χ4v) is 3.58. The number of hydrogen-bond acceptors (Lipinski definition) is 4. The van der Waals surface area contributed by atoms with Crippen LogP contribution in [0.4, 0.5) is 0 Å². The highest BCUT2D eigenvalue weighted by molar-refractivity contribution is 5.76. The third-order valence-corrected chi connectivity index (χ3v) is 5.04. The molecule has 2 heterocycles. The highest BCUT2D eigenvalue weighted by atomic mass is 16.1. The van der Waals surface area contributed by atoms with E-state index in [0.29, 0.717) is 17.6 Å². The van der Waals surface area contributed by atoms with Gasteiger partial charge in [-0.05, 0) is 42.9 Å². The van der Waals surface area contributed by atoms with Crippen LogP contribution < -0.4 is 5.56 Å². The summed E-state index contributed by atoms with van der Waals surface area (Å²) in [6.45, 7) is 2.52. The summed E-state index contributed by atoms with van der Waals surface area (Å²) in [7, 11) is 0. The second kappa shape index (κ2) is 7.15. The Kier molecular flexibility index (Phi) is 4.57. The minimum atomic E-state index is -0.0583. The molecule has 1 aromatic heterocycles. The van der Waals surface area contributed by atoms with Gasteiger partial charge in [0.25, 0.3) is 5.56 Å². The summed E-state index contributed by atoms with van der Waals surface area (Å²) in [5.41, 5.74) is 2.01. The topological polar surface area (TPSA) is 51.0 Å². The molecule has 2 aromatic carbocycles. The standard InChI is InChI=1S/C20H22N4O/c25-20-18-8-4-5-9-19(18)21-22-24(20)15-23-12-10-17(11-13-23)14-16-6-2-1-3-7-16/h1-9,17H,10-15H2. The lowest BCUT2D eigenvalue weighted by Gasteiger charge is -2.31. The van der Waals surface area contributed by atoms with Crippen molar-refractivity contribution in [3.8, 4) is 0 Å². The van der Waals surface area contributed by atoms with E-state index in [0.717, 1.165) is 38.3 Å². The Morgan fingerprint density at radius 1 is 0.960 bits per heavy atom. The second-order valence-corrected chi connectivity index (χ2v) is 6.80. The van der Waals surface area contributed by atoms with Crippen molar-refractivity contribution in [1.82, 2.24) is 19.9 Å². The molecule has 128 valence electrons. The Hall–Kier alpha value is -2.53. The second-order valence-electron chi connectivity index (χ2n) is 6.80. The number of fused-ring (bicyclic) bond motifs is 1. The molecule has 3 aromatic rings. The van der Waals surface area contributed by atoms with Crippen LogP contribution in [0.2, 0.25) is 0 Å². The van der Waals surface area contributed by atoms with E-state index in [1.165, 1.54) is 10.2 Å². The van der Waals surface area contributed by atoms with Gasteiger partial charge < -0.3 is 0 Å². The van der Waals surface area contributed by atoms with E-state index >= 15 is 0 Å². The van der Waals surface area contributed by atoms with Crippen LogP contribution in [0.15, 0.2) is 59.4 Å². The Balaban J connectivity index is 1.39. The largest absolute Gasteiger partial charge is 0.284 e. The van der Waals surface area contributed by atoms with E-state index in [1.807, 2.05) is 24.3 Å². The van der Waals surface area contributed by atoms with Gasteiger partial charge in [0.05, 0.1) is 12.1 Å². The van der Waals surface area contributed by atoms with Gasteiger partial charge in [0.15, 0.2) is 0 Å². The van der Waals surface area contributed by atoms with Gasteiger partial charge in [-0.15, -0.1) is 5.10 Å². The zero-order chi connectivity index (χ0) is 17.1. The van der Waals surface area contributed by atoms with E-state index in [4.69, 9.17) is 0 Å². The molecule has 0 aliphatic carbocycles. The normalized spacial score (nSPS) is 16.3. The number of aromatic nitrogens is 3. The van der Waals surface area contributed by atoms with Gasteiger partial charge in [-0.1, -0.05) is 47.7 Å². The first-order valence-corrected chi connectivity index (χ1v) is 8.88. The number of hydrogen-bond donors (Lipinski definition) is 0. The number of piperidine rings is 1. The summed E-state index contributed by atoms with van der Waals surface area (Å²) < 4.78 is 1.49. The molecular formula is C20H22N4O. The lowest BCUT2D eigenvalue weighted by Crippen LogP contribution is -2.39. The Morgan fingerprint density at radius 2 is 1.68 bits per heavy atom. The van der Waals surface area contributed by atoms with Gasteiger partial charge in [0, 0.05) is 13.1 Å². The maximum atomic E-state index is 12.5. The highest BCUT2D eigenvalue weighted by Crippen LogP contribution is 2.21. The van der Waals surface area contributed by atoms with Gasteiger partial charge in [-0.2, -0.15) is 4.68 Å². The fourth-order valence-electron chi connectivity index (χ4n) is 3.58. The van der Waals surface area contributed by atoms with Crippen LogP contribution >= 0.6 is 0 Å². The maximum Gasteiger partial charge on any atom is 0.278 e. The van der Waals surface area contributed by atoms with E-state index in [-0.39, 0.29) is 5.56 Å². The summed E-state index contributed by atoms with van der Waals surface area (Å²) in [6, 6.07) is 18.1. The molecule has 1 aliphatic heterocycles. The average Bonchev–Trinajstić information content (AvgIpc) is 2.67. The molecule has 0 N–H and O–H groups in total. The van der Waals surface area contributed by atoms with Crippen molar-refractivity contribution in [2.75, 3.05) is 13.1 Å². The third kappa shape index (κ3) is 3.61. The van der Waals surface area contributed by atoms with Crippen LogP contribution in [-0.2, 0) is 13.1 Å². The molecule has 0 spiro atoms. The summed E-state index contributed by atoms with van der Waals surface area (Å²) in [6.07, 6.45) is 3.46. The van der Waals surface area contributed by atoms with Crippen LogP contribution in [0, 0.1) is 5.92 Å². The zero-order valence-corrected chi connectivity index (χ0v) is 14.2. The van der Waals surface area contributed by atoms with Crippen molar-refractivity contribution < 1.29 is 0 Å². The van der Waals surface area contributed by atoms with Crippen molar-refractivity contribution in [3.05, 3.63) is 70.5 Å². The summed E-state index contributed by atoms with van der Waals surface area (Å²) in [4.78, 5) is 14.8. The molecule has 1 saturated heterocycles. The minimum Gasteiger partial charge on any atom is -0.284 e. The monoisotopic (exact) mass is 334 g/mol. The first-order valence-electron chi connectivity index (χ1n) is 8.88. The fraction of sp³-hybridized carbons (Fsp3) is 0.350.